The van der Waals surface area contributed by atoms with Crippen LogP contribution >= 0.6 is 24.2 Å². The number of aliphatic hydroxyl groups excluding tert-OH is 1. The predicted octanol–water partition coefficient (Wildman–Crippen LogP) is 1.71. The Balaban J connectivity index is 0.00000112. The molecule has 0 aliphatic carbocycles. The zero-order chi connectivity index (χ0) is 9.80. The standard InChI is InChI=1S/C11H15NOS.ClH/c13-6-5-12-10-7-9-3-1-2-4-11(9)14-8-10;/h1-4,10,12-13H,5-8H2;1H/t10-;/m0./s1. The van der Waals surface area contributed by atoms with Crippen molar-refractivity contribution >= 4 is 24.2 Å². The first-order valence-electron chi connectivity index (χ1n) is 4.95. The van der Waals surface area contributed by atoms with Crippen LogP contribution in [0.3, 0.4) is 0 Å². The molecule has 0 fully saturated rings. The van der Waals surface area contributed by atoms with Crippen molar-refractivity contribution in [3.63, 3.8) is 0 Å². The number of hydrogen-bond donors (Lipinski definition) is 2. The minimum Gasteiger partial charge on any atom is -0.395 e. The van der Waals surface area contributed by atoms with Crippen LogP contribution in [0.1, 0.15) is 5.56 Å². The second-order valence-electron chi connectivity index (χ2n) is 3.50. The summed E-state index contributed by atoms with van der Waals surface area (Å²) in [5, 5.41) is 12.1. The molecular formula is C11H16ClNOS. The number of nitrogens with one attached hydrogen (secondary N) is 1. The molecule has 1 aliphatic rings. The van der Waals surface area contributed by atoms with Crippen LogP contribution in [0.5, 0.6) is 0 Å². The van der Waals surface area contributed by atoms with Crippen LogP contribution in [0.4, 0.5) is 0 Å². The van der Waals surface area contributed by atoms with Crippen molar-refractivity contribution < 1.29 is 5.11 Å². The van der Waals surface area contributed by atoms with Gasteiger partial charge in [0.2, 0.25) is 0 Å². The van der Waals surface area contributed by atoms with Crippen LogP contribution in [0.2, 0.25) is 0 Å². The van der Waals surface area contributed by atoms with Gasteiger partial charge in [0.05, 0.1) is 6.61 Å². The van der Waals surface area contributed by atoms with E-state index in [1.807, 2.05) is 11.8 Å². The Morgan fingerprint density at radius 2 is 2.20 bits per heavy atom. The fraction of sp³-hybridized carbons (Fsp3) is 0.455. The van der Waals surface area contributed by atoms with Crippen molar-refractivity contribution in [3.8, 4) is 0 Å². The number of rotatable bonds is 3. The van der Waals surface area contributed by atoms with E-state index in [4.69, 9.17) is 5.11 Å². The van der Waals surface area contributed by atoms with Crippen LogP contribution < -0.4 is 5.32 Å². The third-order valence-corrected chi connectivity index (χ3v) is 3.70. The SMILES string of the molecule is Cl.OCCN[C@@H]1CSc2ccccc2C1. The summed E-state index contributed by atoms with van der Waals surface area (Å²) in [6, 6.07) is 9.07. The van der Waals surface area contributed by atoms with Crippen molar-refractivity contribution in [1.29, 1.82) is 0 Å². The quantitative estimate of drug-likeness (QED) is 0.851. The van der Waals surface area contributed by atoms with Crippen molar-refractivity contribution in [1.82, 2.24) is 5.32 Å². The number of benzene rings is 1. The number of hydrogen-bond acceptors (Lipinski definition) is 3. The topological polar surface area (TPSA) is 32.3 Å². The number of thioether (sulfide) groups is 1. The molecule has 0 saturated heterocycles. The summed E-state index contributed by atoms with van der Waals surface area (Å²) >= 11 is 1.90. The maximum absolute atomic E-state index is 8.72. The van der Waals surface area contributed by atoms with Crippen LogP contribution in [0.15, 0.2) is 29.2 Å². The third kappa shape index (κ3) is 3.38. The van der Waals surface area contributed by atoms with Gasteiger partial charge in [0.25, 0.3) is 0 Å². The second-order valence-corrected chi connectivity index (χ2v) is 4.56. The van der Waals surface area contributed by atoms with Crippen LogP contribution in [0.25, 0.3) is 0 Å². The summed E-state index contributed by atoms with van der Waals surface area (Å²) < 4.78 is 0. The summed E-state index contributed by atoms with van der Waals surface area (Å²) in [5.74, 6) is 1.11. The summed E-state index contributed by atoms with van der Waals surface area (Å²) in [6.07, 6.45) is 1.09. The van der Waals surface area contributed by atoms with Gasteiger partial charge in [-0.3, -0.25) is 0 Å². The summed E-state index contributed by atoms with van der Waals surface area (Å²) in [4.78, 5) is 1.41. The third-order valence-electron chi connectivity index (χ3n) is 2.42. The molecule has 0 unspecified atom stereocenters. The first kappa shape index (κ1) is 12.8. The van der Waals surface area contributed by atoms with Gasteiger partial charge in [-0.2, -0.15) is 0 Å². The molecule has 2 rings (SSSR count). The Kier molecular flexibility index (Phi) is 5.47. The van der Waals surface area contributed by atoms with Gasteiger partial charge in [-0.1, -0.05) is 18.2 Å². The van der Waals surface area contributed by atoms with E-state index in [0.29, 0.717) is 12.6 Å². The number of aliphatic hydroxyl groups is 1. The lowest BCUT2D eigenvalue weighted by Crippen LogP contribution is -2.37. The summed E-state index contributed by atoms with van der Waals surface area (Å²) in [7, 11) is 0. The molecule has 0 spiro atoms. The first-order valence-corrected chi connectivity index (χ1v) is 5.93. The Morgan fingerprint density at radius 1 is 1.40 bits per heavy atom. The number of halogens is 1. The Bertz CT molecular complexity index is 308. The van der Waals surface area contributed by atoms with Crippen molar-refractivity contribution in [2.45, 2.75) is 17.4 Å². The molecule has 0 amide bonds. The van der Waals surface area contributed by atoms with E-state index in [2.05, 4.69) is 29.6 Å². The number of fused-ring (bicyclic) bond motifs is 1. The molecule has 0 saturated carbocycles. The molecule has 1 aromatic carbocycles. The highest BCUT2D eigenvalue weighted by atomic mass is 35.5. The monoisotopic (exact) mass is 245 g/mol. The zero-order valence-electron chi connectivity index (χ0n) is 8.48. The van der Waals surface area contributed by atoms with E-state index in [0.717, 1.165) is 12.2 Å². The minimum atomic E-state index is 0. The molecular weight excluding hydrogens is 230 g/mol. The second kappa shape index (κ2) is 6.38. The highest BCUT2D eigenvalue weighted by molar-refractivity contribution is 7.99. The lowest BCUT2D eigenvalue weighted by molar-refractivity contribution is 0.286. The van der Waals surface area contributed by atoms with Crippen LogP contribution in [-0.2, 0) is 6.42 Å². The van der Waals surface area contributed by atoms with Gasteiger partial charge in [-0.25, -0.2) is 0 Å². The van der Waals surface area contributed by atoms with Gasteiger partial charge in [0.15, 0.2) is 0 Å². The van der Waals surface area contributed by atoms with E-state index in [9.17, 15) is 0 Å². The normalized spacial score (nSPS) is 19.1. The molecule has 1 aromatic rings. The molecule has 2 nitrogen and oxygen atoms in total. The van der Waals surface area contributed by atoms with Gasteiger partial charge in [-0.05, 0) is 18.1 Å². The van der Waals surface area contributed by atoms with E-state index in [-0.39, 0.29) is 19.0 Å². The zero-order valence-corrected chi connectivity index (χ0v) is 10.1. The molecule has 0 aromatic heterocycles. The molecule has 1 aliphatic heterocycles. The van der Waals surface area contributed by atoms with Gasteiger partial charge < -0.3 is 10.4 Å². The lowest BCUT2D eigenvalue weighted by atomic mass is 10.1. The molecule has 84 valence electrons. The van der Waals surface area contributed by atoms with Gasteiger partial charge in [-0.15, -0.1) is 24.2 Å². The Labute approximate surface area is 101 Å². The lowest BCUT2D eigenvalue weighted by Gasteiger charge is -2.24. The summed E-state index contributed by atoms with van der Waals surface area (Å²) in [6.45, 7) is 0.927. The summed E-state index contributed by atoms with van der Waals surface area (Å²) in [5.41, 5.74) is 1.43. The Hall–Kier alpha value is -0.220. The highest BCUT2D eigenvalue weighted by Gasteiger charge is 2.17. The molecule has 0 bridgehead atoms. The van der Waals surface area contributed by atoms with E-state index in [1.54, 1.807) is 0 Å². The van der Waals surface area contributed by atoms with Gasteiger partial charge in [0.1, 0.15) is 0 Å². The maximum Gasteiger partial charge on any atom is 0.0556 e. The van der Waals surface area contributed by atoms with Crippen molar-refractivity contribution in [3.05, 3.63) is 29.8 Å². The minimum absolute atomic E-state index is 0. The molecule has 0 radical (unpaired) electrons. The Morgan fingerprint density at radius 3 is 3.00 bits per heavy atom. The van der Waals surface area contributed by atoms with Crippen molar-refractivity contribution in [2.75, 3.05) is 18.9 Å². The molecule has 1 heterocycles. The van der Waals surface area contributed by atoms with Crippen LogP contribution in [0, 0.1) is 0 Å². The molecule has 1 atom stereocenters. The highest BCUT2D eigenvalue weighted by Crippen LogP contribution is 2.29. The molecule has 4 heteroatoms. The van der Waals surface area contributed by atoms with Gasteiger partial charge >= 0.3 is 0 Å². The van der Waals surface area contributed by atoms with E-state index in [1.165, 1.54) is 10.5 Å². The largest absolute Gasteiger partial charge is 0.395 e. The van der Waals surface area contributed by atoms with E-state index >= 15 is 0 Å². The van der Waals surface area contributed by atoms with Gasteiger partial charge in [0, 0.05) is 23.2 Å². The predicted molar refractivity (Wildman–Crippen MR) is 67.0 cm³/mol. The fourth-order valence-electron chi connectivity index (χ4n) is 1.73. The fourth-order valence-corrected chi connectivity index (χ4v) is 2.86. The smallest absolute Gasteiger partial charge is 0.0556 e. The average Bonchev–Trinajstić information content (AvgIpc) is 2.26. The average molecular weight is 246 g/mol. The molecule has 15 heavy (non-hydrogen) atoms. The first-order chi connectivity index (χ1) is 6.90. The van der Waals surface area contributed by atoms with Crippen molar-refractivity contribution in [2.24, 2.45) is 0 Å². The molecule has 2 N–H and O–H groups in total. The van der Waals surface area contributed by atoms with Crippen LogP contribution in [-0.4, -0.2) is 30.1 Å². The van der Waals surface area contributed by atoms with E-state index < -0.39 is 0 Å². The maximum atomic E-state index is 8.72.